The predicted octanol–water partition coefficient (Wildman–Crippen LogP) is 6.73. The van der Waals surface area contributed by atoms with Gasteiger partial charge in [0.05, 0.1) is 15.7 Å². The standard InChI is InChI=1S/C27H29FN4O3S2/c1-17-4-7-21(8-5-17)34-16-19-10-12-31(13-11-19)32(28)37(3)25-15-24(36-27(25)37)26(33)30-20-6-9-23-22(14-20)29-18(2)35-23/h4-9,14-15,19H,10-13,16H2,1-3H3,(H,30,33). The summed E-state index contributed by atoms with van der Waals surface area (Å²) in [5, 5.41) is 4.74. The van der Waals surface area contributed by atoms with E-state index in [-0.39, 0.29) is 5.91 Å². The number of ether oxygens (including phenoxy) is 1. The van der Waals surface area contributed by atoms with Gasteiger partial charge in [0.2, 0.25) is 0 Å². The molecule has 4 heterocycles. The van der Waals surface area contributed by atoms with E-state index in [0.717, 1.165) is 32.3 Å². The third kappa shape index (κ3) is 4.63. The van der Waals surface area contributed by atoms with Gasteiger partial charge in [0.1, 0.15) is 11.3 Å². The molecule has 2 aromatic carbocycles. The van der Waals surface area contributed by atoms with Crippen LogP contribution in [0.15, 0.2) is 62.1 Å². The molecule has 2 aliphatic rings. The molecule has 1 fully saturated rings. The number of thiophene rings is 1. The molecule has 2 aliphatic heterocycles. The largest absolute Gasteiger partial charge is 0.493 e. The number of carbonyl (C=O) groups is 1. The number of piperidine rings is 1. The number of nitrogens with zero attached hydrogens (tertiary/aromatic N) is 3. The van der Waals surface area contributed by atoms with E-state index in [2.05, 4.69) is 17.2 Å². The molecule has 37 heavy (non-hydrogen) atoms. The molecule has 194 valence electrons. The quantitative estimate of drug-likeness (QED) is 0.207. The number of hydrogen-bond donors (Lipinski definition) is 1. The molecule has 10 heteroatoms. The monoisotopic (exact) mass is 540 g/mol. The fourth-order valence-corrected chi connectivity index (χ4v) is 9.60. The lowest BCUT2D eigenvalue weighted by atomic mass is 9.99. The molecule has 0 saturated carbocycles. The number of aromatic nitrogens is 1. The van der Waals surface area contributed by atoms with E-state index in [1.54, 1.807) is 25.1 Å². The number of fused-ring (bicyclic) bond motifs is 2. The Bertz CT molecular complexity index is 1440. The van der Waals surface area contributed by atoms with Crippen molar-refractivity contribution in [1.29, 1.82) is 0 Å². The van der Waals surface area contributed by atoms with Gasteiger partial charge >= 0.3 is 0 Å². The topological polar surface area (TPSA) is 70.8 Å². The van der Waals surface area contributed by atoms with Gasteiger partial charge in [-0.15, -0.1) is 15.8 Å². The molecule has 1 N–H and O–H groups in total. The van der Waals surface area contributed by atoms with Gasteiger partial charge in [0, 0.05) is 30.6 Å². The Morgan fingerprint density at radius 2 is 1.97 bits per heavy atom. The van der Waals surface area contributed by atoms with Crippen LogP contribution < -0.4 is 10.1 Å². The molecule has 0 bridgehead atoms. The summed E-state index contributed by atoms with van der Waals surface area (Å²) < 4.78 is 29.0. The zero-order valence-corrected chi connectivity index (χ0v) is 22.6. The van der Waals surface area contributed by atoms with E-state index in [1.165, 1.54) is 16.9 Å². The van der Waals surface area contributed by atoms with Crippen molar-refractivity contribution in [3.8, 4) is 5.75 Å². The highest BCUT2D eigenvalue weighted by molar-refractivity contribution is 8.37. The molecule has 1 saturated heterocycles. The SMILES string of the molecule is Cc1ccc(OCC2CCN(N(F)S3(C)c4cc(C(=O)Nc5ccc6oc(C)nc6c5)sc43)CC2)cc1. The van der Waals surface area contributed by atoms with Crippen LogP contribution in [0.4, 0.5) is 10.2 Å². The van der Waals surface area contributed by atoms with Crippen LogP contribution in [0.25, 0.3) is 11.1 Å². The summed E-state index contributed by atoms with van der Waals surface area (Å²) in [4.78, 5) is 18.7. The zero-order chi connectivity index (χ0) is 25.7. The van der Waals surface area contributed by atoms with E-state index in [0.29, 0.717) is 53.2 Å². The number of benzene rings is 2. The lowest BCUT2D eigenvalue weighted by Gasteiger charge is -2.38. The Labute approximate surface area is 220 Å². The molecule has 0 aliphatic carbocycles. The number of nitrogens with one attached hydrogen (secondary N) is 1. The summed E-state index contributed by atoms with van der Waals surface area (Å²) in [5.74, 6) is 1.68. The Balaban J connectivity index is 1.02. The molecule has 0 spiro atoms. The van der Waals surface area contributed by atoms with Crippen LogP contribution in [0.5, 0.6) is 5.75 Å². The van der Waals surface area contributed by atoms with Crippen LogP contribution >= 0.6 is 21.6 Å². The number of carbonyl (C=O) groups excluding carboxylic acids is 1. The summed E-state index contributed by atoms with van der Waals surface area (Å²) in [6, 6.07) is 15.3. The number of aryl methyl sites for hydroxylation is 2. The van der Waals surface area contributed by atoms with Crippen molar-refractivity contribution in [1.82, 2.24) is 14.6 Å². The van der Waals surface area contributed by atoms with Gasteiger partial charge < -0.3 is 14.5 Å². The first-order valence-corrected chi connectivity index (χ1v) is 15.1. The smallest absolute Gasteiger partial charge is 0.265 e. The molecular weight excluding hydrogens is 511 g/mol. The molecule has 4 aromatic rings. The number of halogens is 1. The van der Waals surface area contributed by atoms with Crippen molar-refractivity contribution in [2.24, 2.45) is 5.92 Å². The van der Waals surface area contributed by atoms with Crippen LogP contribution in [0.3, 0.4) is 0 Å². The van der Waals surface area contributed by atoms with Gasteiger partial charge in [-0.05, 0) is 73.0 Å². The van der Waals surface area contributed by atoms with Crippen molar-refractivity contribution < 1.29 is 18.4 Å². The van der Waals surface area contributed by atoms with Crippen LogP contribution in [0.2, 0.25) is 0 Å². The molecular formula is C27H29FN4O3S2. The number of rotatable bonds is 7. The van der Waals surface area contributed by atoms with Crippen LogP contribution in [0, 0.1) is 19.8 Å². The van der Waals surface area contributed by atoms with Gasteiger partial charge in [-0.2, -0.15) is 0 Å². The normalized spacial score (nSPS) is 21.5. The van der Waals surface area contributed by atoms with Gasteiger partial charge in [-0.25, -0.2) is 9.99 Å². The summed E-state index contributed by atoms with van der Waals surface area (Å²) >= 11 is 1.38. The van der Waals surface area contributed by atoms with Crippen LogP contribution in [-0.4, -0.2) is 46.5 Å². The van der Waals surface area contributed by atoms with E-state index in [1.807, 2.05) is 41.6 Å². The highest BCUT2D eigenvalue weighted by Gasteiger charge is 2.53. The zero-order valence-electron chi connectivity index (χ0n) is 21.0. The third-order valence-electron chi connectivity index (χ3n) is 7.01. The number of hydrazine groups is 1. The van der Waals surface area contributed by atoms with Crippen molar-refractivity contribution in [3.05, 3.63) is 64.9 Å². The number of oxazole rings is 1. The third-order valence-corrected chi connectivity index (χ3v) is 12.0. The highest BCUT2D eigenvalue weighted by Crippen LogP contribution is 2.82. The van der Waals surface area contributed by atoms with Gasteiger partial charge in [-0.1, -0.05) is 27.9 Å². The Morgan fingerprint density at radius 3 is 2.68 bits per heavy atom. The molecule has 2 aromatic heterocycles. The summed E-state index contributed by atoms with van der Waals surface area (Å²) in [7, 11) is -1.80. The molecule has 0 radical (unpaired) electrons. The summed E-state index contributed by atoms with van der Waals surface area (Å²) in [5.41, 5.74) is 3.24. The first-order valence-electron chi connectivity index (χ1n) is 12.3. The lowest BCUT2D eigenvalue weighted by molar-refractivity contribution is -0.0981. The fourth-order valence-electron chi connectivity index (χ4n) is 4.73. The van der Waals surface area contributed by atoms with Gasteiger partial charge in [-0.3, -0.25) is 4.79 Å². The van der Waals surface area contributed by atoms with E-state index in [4.69, 9.17) is 9.15 Å². The minimum absolute atomic E-state index is 0.196. The van der Waals surface area contributed by atoms with Gasteiger partial charge in [0.15, 0.2) is 11.5 Å². The average molecular weight is 541 g/mol. The molecule has 1 atom stereocenters. The maximum absolute atomic E-state index is 15.6. The van der Waals surface area contributed by atoms with Gasteiger partial charge in [0.25, 0.3) is 5.91 Å². The minimum atomic E-state index is -1.80. The molecule has 1 amide bonds. The molecule has 6 rings (SSSR count). The van der Waals surface area contributed by atoms with E-state index >= 15 is 4.48 Å². The maximum Gasteiger partial charge on any atom is 0.265 e. The average Bonchev–Trinajstić information content (AvgIpc) is 3.24. The van der Waals surface area contributed by atoms with Crippen LogP contribution in [-0.2, 0) is 0 Å². The fraction of sp³-hybridized carbons (Fsp3) is 0.333. The number of hydrogen-bond acceptors (Lipinski definition) is 7. The van der Waals surface area contributed by atoms with E-state index in [9.17, 15) is 4.79 Å². The maximum atomic E-state index is 15.6. The summed E-state index contributed by atoms with van der Waals surface area (Å²) in [6.45, 7) is 5.82. The second-order valence-electron chi connectivity index (χ2n) is 9.75. The summed E-state index contributed by atoms with van der Waals surface area (Å²) in [6.07, 6.45) is 3.74. The van der Waals surface area contributed by atoms with Crippen molar-refractivity contribution in [2.45, 2.75) is 35.8 Å². The Kier molecular flexibility index (Phi) is 6.22. The van der Waals surface area contributed by atoms with Crippen molar-refractivity contribution in [3.63, 3.8) is 0 Å². The predicted molar refractivity (Wildman–Crippen MR) is 145 cm³/mol. The van der Waals surface area contributed by atoms with Crippen molar-refractivity contribution >= 4 is 44.2 Å². The molecule has 1 unspecified atom stereocenters. The first-order chi connectivity index (χ1) is 17.8. The number of amides is 1. The second kappa shape index (κ2) is 9.43. The van der Waals surface area contributed by atoms with Crippen LogP contribution in [0.1, 0.15) is 34.0 Å². The van der Waals surface area contributed by atoms with Crippen molar-refractivity contribution in [2.75, 3.05) is 31.3 Å². The Hall–Kier alpha value is -2.92. The first kappa shape index (κ1) is 24.4. The second-order valence-corrected chi connectivity index (χ2v) is 14.0. The van der Waals surface area contributed by atoms with E-state index < -0.39 is 10.2 Å². The lowest BCUT2D eigenvalue weighted by Crippen LogP contribution is -2.42. The Morgan fingerprint density at radius 1 is 1.22 bits per heavy atom. The number of anilines is 1. The highest BCUT2D eigenvalue weighted by atomic mass is 32.3. The minimum Gasteiger partial charge on any atom is -0.493 e. The molecule has 7 nitrogen and oxygen atoms in total.